The number of hydrogen-bond donors (Lipinski definition) is 2. The standard InChI is InChI=1S/C17H14BrN5O2/c1-11-15(17(25)23(22-11)14-5-3-2-4-6-14)10-20-21-16(24)12-7-13(18)9-19-8-12/h2-10,22H,1H3,(H,21,24)/b20-10-. The van der Waals surface area contributed by atoms with Crippen LogP contribution in [-0.2, 0) is 0 Å². The van der Waals surface area contributed by atoms with Crippen molar-refractivity contribution >= 4 is 28.1 Å². The van der Waals surface area contributed by atoms with E-state index < -0.39 is 5.91 Å². The minimum absolute atomic E-state index is 0.245. The number of aryl methyl sites for hydroxylation is 1. The van der Waals surface area contributed by atoms with E-state index in [2.05, 4.69) is 36.5 Å². The van der Waals surface area contributed by atoms with Gasteiger partial charge in [0.15, 0.2) is 0 Å². The van der Waals surface area contributed by atoms with Crippen molar-refractivity contribution in [2.24, 2.45) is 5.10 Å². The molecule has 7 nitrogen and oxygen atoms in total. The maximum Gasteiger partial charge on any atom is 0.280 e. The van der Waals surface area contributed by atoms with Crippen LogP contribution in [0.1, 0.15) is 21.6 Å². The lowest BCUT2D eigenvalue weighted by molar-refractivity contribution is 0.0954. The van der Waals surface area contributed by atoms with Gasteiger partial charge in [0, 0.05) is 22.6 Å². The van der Waals surface area contributed by atoms with Gasteiger partial charge < -0.3 is 0 Å². The van der Waals surface area contributed by atoms with E-state index in [0.717, 1.165) is 5.69 Å². The molecular weight excluding hydrogens is 386 g/mol. The molecule has 1 aromatic carbocycles. The molecule has 2 heterocycles. The third kappa shape index (κ3) is 3.74. The molecule has 8 heteroatoms. The predicted molar refractivity (Wildman–Crippen MR) is 98.1 cm³/mol. The highest BCUT2D eigenvalue weighted by atomic mass is 79.9. The maximum atomic E-state index is 12.5. The molecule has 25 heavy (non-hydrogen) atoms. The van der Waals surface area contributed by atoms with Gasteiger partial charge in [-0.05, 0) is 41.1 Å². The second kappa shape index (κ2) is 7.27. The fourth-order valence-corrected chi connectivity index (χ4v) is 2.59. The highest BCUT2D eigenvalue weighted by Crippen LogP contribution is 2.09. The van der Waals surface area contributed by atoms with Crippen LogP contribution in [0.4, 0.5) is 0 Å². The number of carbonyl (C=O) groups excluding carboxylic acids is 1. The number of halogens is 1. The second-order valence-corrected chi connectivity index (χ2v) is 6.13. The van der Waals surface area contributed by atoms with Crippen molar-refractivity contribution in [3.05, 3.63) is 80.4 Å². The van der Waals surface area contributed by atoms with Crippen LogP contribution in [0.15, 0.2) is 63.2 Å². The summed E-state index contributed by atoms with van der Waals surface area (Å²) in [6, 6.07) is 10.8. The normalized spacial score (nSPS) is 11.0. The van der Waals surface area contributed by atoms with E-state index >= 15 is 0 Å². The number of carbonyl (C=O) groups is 1. The van der Waals surface area contributed by atoms with Gasteiger partial charge in [-0.25, -0.2) is 10.1 Å². The summed E-state index contributed by atoms with van der Waals surface area (Å²) in [6.45, 7) is 1.77. The van der Waals surface area contributed by atoms with E-state index in [-0.39, 0.29) is 5.56 Å². The molecule has 0 bridgehead atoms. The van der Waals surface area contributed by atoms with Gasteiger partial charge in [-0.3, -0.25) is 19.7 Å². The first-order chi connectivity index (χ1) is 12.1. The van der Waals surface area contributed by atoms with Crippen LogP contribution in [0.25, 0.3) is 5.69 Å². The SMILES string of the molecule is Cc1[nH]n(-c2ccccc2)c(=O)c1/C=N\NC(=O)c1cncc(Br)c1. The molecule has 0 saturated heterocycles. The zero-order valence-corrected chi connectivity index (χ0v) is 14.8. The molecule has 0 saturated carbocycles. The summed E-state index contributed by atoms with van der Waals surface area (Å²) in [5, 5.41) is 6.87. The number of hydrogen-bond acceptors (Lipinski definition) is 4. The van der Waals surface area contributed by atoms with Crippen LogP contribution >= 0.6 is 15.9 Å². The first-order valence-corrected chi connectivity index (χ1v) is 8.16. The molecule has 0 aliphatic heterocycles. The monoisotopic (exact) mass is 399 g/mol. The fourth-order valence-electron chi connectivity index (χ4n) is 2.23. The lowest BCUT2D eigenvalue weighted by atomic mass is 10.3. The van der Waals surface area contributed by atoms with Crippen LogP contribution in [-0.4, -0.2) is 26.9 Å². The third-order valence-electron chi connectivity index (χ3n) is 3.46. The van der Waals surface area contributed by atoms with Crippen molar-refractivity contribution in [2.75, 3.05) is 0 Å². The van der Waals surface area contributed by atoms with Gasteiger partial charge in [0.1, 0.15) is 0 Å². The van der Waals surface area contributed by atoms with E-state index in [9.17, 15) is 9.59 Å². The number of rotatable bonds is 4. The Morgan fingerprint density at radius 1 is 1.32 bits per heavy atom. The molecule has 2 N–H and O–H groups in total. The highest BCUT2D eigenvalue weighted by Gasteiger charge is 2.11. The van der Waals surface area contributed by atoms with Gasteiger partial charge in [-0.2, -0.15) is 5.10 Å². The topological polar surface area (TPSA) is 92.1 Å². The van der Waals surface area contributed by atoms with Crippen LogP contribution in [0.2, 0.25) is 0 Å². The average molecular weight is 400 g/mol. The van der Waals surface area contributed by atoms with Crippen LogP contribution in [0, 0.1) is 6.92 Å². The molecule has 0 aliphatic carbocycles. The van der Waals surface area contributed by atoms with E-state index in [1.54, 1.807) is 19.2 Å². The predicted octanol–water partition coefficient (Wildman–Crippen LogP) is 2.40. The summed E-state index contributed by atoms with van der Waals surface area (Å²) in [5.74, 6) is -0.415. The summed E-state index contributed by atoms with van der Waals surface area (Å²) in [4.78, 5) is 28.4. The summed E-state index contributed by atoms with van der Waals surface area (Å²) in [5.41, 5.74) is 4.24. The Labute approximate surface area is 151 Å². The number of pyridine rings is 1. The Bertz CT molecular complexity index is 992. The van der Waals surface area contributed by atoms with Gasteiger partial charge in [0.2, 0.25) is 0 Å². The number of para-hydroxylation sites is 1. The Kier molecular flexibility index (Phi) is 4.90. The maximum absolute atomic E-state index is 12.5. The zero-order chi connectivity index (χ0) is 17.8. The number of H-pyrrole nitrogens is 1. The van der Waals surface area contributed by atoms with Crippen molar-refractivity contribution in [3.63, 3.8) is 0 Å². The number of hydrazone groups is 1. The molecule has 0 atom stereocenters. The fraction of sp³-hybridized carbons (Fsp3) is 0.0588. The molecule has 0 radical (unpaired) electrons. The van der Waals surface area contributed by atoms with Gasteiger partial charge in [-0.15, -0.1) is 0 Å². The number of aromatic nitrogens is 3. The molecule has 0 fully saturated rings. The average Bonchev–Trinajstić information content (AvgIpc) is 2.90. The summed E-state index contributed by atoms with van der Waals surface area (Å²) in [6.07, 6.45) is 4.34. The molecule has 0 spiro atoms. The minimum atomic E-state index is -0.415. The van der Waals surface area contributed by atoms with Crippen LogP contribution in [0.3, 0.4) is 0 Å². The molecule has 2 aromatic heterocycles. The summed E-state index contributed by atoms with van der Waals surface area (Å²) in [7, 11) is 0. The van der Waals surface area contributed by atoms with Crippen molar-refractivity contribution in [1.82, 2.24) is 20.2 Å². The lowest BCUT2D eigenvalue weighted by Gasteiger charge is -1.99. The van der Waals surface area contributed by atoms with Crippen molar-refractivity contribution in [1.29, 1.82) is 0 Å². The van der Waals surface area contributed by atoms with E-state index in [0.29, 0.717) is 21.3 Å². The van der Waals surface area contributed by atoms with E-state index in [1.807, 2.05) is 30.3 Å². The zero-order valence-electron chi connectivity index (χ0n) is 13.2. The van der Waals surface area contributed by atoms with Gasteiger partial charge in [-0.1, -0.05) is 18.2 Å². The van der Waals surface area contributed by atoms with E-state index in [1.165, 1.54) is 17.1 Å². The first-order valence-electron chi connectivity index (χ1n) is 7.37. The Balaban J connectivity index is 1.79. The number of benzene rings is 1. The van der Waals surface area contributed by atoms with Crippen molar-refractivity contribution in [2.45, 2.75) is 6.92 Å². The van der Waals surface area contributed by atoms with Crippen LogP contribution < -0.4 is 11.0 Å². The number of aromatic amines is 1. The van der Waals surface area contributed by atoms with Crippen LogP contribution in [0.5, 0.6) is 0 Å². The second-order valence-electron chi connectivity index (χ2n) is 5.22. The van der Waals surface area contributed by atoms with Crippen molar-refractivity contribution < 1.29 is 4.79 Å². The molecule has 126 valence electrons. The molecule has 0 unspecified atom stereocenters. The Morgan fingerprint density at radius 3 is 2.80 bits per heavy atom. The first kappa shape index (κ1) is 16.8. The van der Waals surface area contributed by atoms with E-state index in [4.69, 9.17) is 0 Å². The highest BCUT2D eigenvalue weighted by molar-refractivity contribution is 9.10. The molecule has 1 amide bonds. The van der Waals surface area contributed by atoms with Gasteiger partial charge >= 0.3 is 0 Å². The molecule has 3 aromatic rings. The Morgan fingerprint density at radius 2 is 2.08 bits per heavy atom. The van der Waals surface area contributed by atoms with Gasteiger partial charge in [0.05, 0.1) is 23.0 Å². The molecule has 0 aliphatic rings. The molecular formula is C17H14BrN5O2. The number of nitrogens with zero attached hydrogens (tertiary/aromatic N) is 3. The minimum Gasteiger partial charge on any atom is -0.295 e. The van der Waals surface area contributed by atoms with Gasteiger partial charge in [0.25, 0.3) is 11.5 Å². The summed E-state index contributed by atoms with van der Waals surface area (Å²) >= 11 is 3.25. The Hall–Kier alpha value is -3.00. The van der Waals surface area contributed by atoms with Crippen molar-refractivity contribution in [3.8, 4) is 5.69 Å². The number of nitrogens with one attached hydrogen (secondary N) is 2. The quantitative estimate of drug-likeness (QED) is 0.521. The number of amides is 1. The smallest absolute Gasteiger partial charge is 0.280 e. The lowest BCUT2D eigenvalue weighted by Crippen LogP contribution is -2.20. The summed E-state index contributed by atoms with van der Waals surface area (Å²) < 4.78 is 2.12. The largest absolute Gasteiger partial charge is 0.295 e. The third-order valence-corrected chi connectivity index (χ3v) is 3.89. The molecule has 3 rings (SSSR count).